The normalized spacial score (nSPS) is 22.5. The summed E-state index contributed by atoms with van der Waals surface area (Å²) >= 11 is 0. The van der Waals surface area contributed by atoms with Gasteiger partial charge in [-0.3, -0.25) is 29.2 Å². The molecule has 14 nitrogen and oxygen atoms in total. The van der Waals surface area contributed by atoms with Gasteiger partial charge < -0.3 is 34.0 Å². The number of aromatic nitrogens is 1. The smallest absolute Gasteiger partial charge is 0.259 e. The van der Waals surface area contributed by atoms with Crippen LogP contribution in [0.15, 0.2) is 78.5 Å². The third-order valence-corrected chi connectivity index (χ3v) is 13.6. The minimum atomic E-state index is -1.19. The summed E-state index contributed by atoms with van der Waals surface area (Å²) in [6.45, 7) is 23.9. The molecule has 67 heavy (non-hydrogen) atoms. The lowest BCUT2D eigenvalue weighted by Gasteiger charge is -2.42. The molecule has 2 N–H and O–H groups in total. The number of fused-ring (bicyclic) bond motifs is 6. The Labute approximate surface area is 396 Å². The molecule has 1 aromatic heterocycles. The molecule has 2 fully saturated rings. The Hall–Kier alpha value is -5.70. The van der Waals surface area contributed by atoms with Crippen molar-refractivity contribution in [1.82, 2.24) is 30.1 Å². The first-order valence-corrected chi connectivity index (χ1v) is 23.7. The number of carbonyl (C=O) groups excluding carboxylic acids is 5. The van der Waals surface area contributed by atoms with Gasteiger partial charge in [-0.05, 0) is 98.2 Å². The maximum Gasteiger partial charge on any atom is 0.259 e. The third-order valence-electron chi connectivity index (χ3n) is 13.6. The van der Waals surface area contributed by atoms with Crippen molar-refractivity contribution >= 4 is 52.6 Å². The Morgan fingerprint density at radius 3 is 2.48 bits per heavy atom. The lowest BCUT2D eigenvalue weighted by atomic mass is 9.83. The molecule has 3 aliphatic rings. The first kappa shape index (κ1) is 50.7. The van der Waals surface area contributed by atoms with Crippen molar-refractivity contribution in [3.63, 3.8) is 0 Å². The van der Waals surface area contributed by atoms with Crippen LogP contribution in [0.2, 0.25) is 0 Å². The van der Waals surface area contributed by atoms with E-state index in [1.165, 1.54) is 16.0 Å². The second-order valence-electron chi connectivity index (χ2n) is 19.5. The van der Waals surface area contributed by atoms with E-state index < -0.39 is 40.8 Å². The largest absolute Gasteiger partial charge is 0.378 e. The number of hydrogen-bond donors (Lipinski definition) is 2. The van der Waals surface area contributed by atoms with E-state index in [1.54, 1.807) is 25.3 Å². The van der Waals surface area contributed by atoms with Crippen molar-refractivity contribution < 1.29 is 33.4 Å². The van der Waals surface area contributed by atoms with Gasteiger partial charge in [0.1, 0.15) is 23.9 Å². The Morgan fingerprint density at radius 2 is 1.82 bits per heavy atom. The maximum atomic E-state index is 14.8. The Bertz CT molecular complexity index is 2430. The van der Waals surface area contributed by atoms with E-state index in [0.29, 0.717) is 51.9 Å². The van der Waals surface area contributed by atoms with Crippen molar-refractivity contribution in [2.75, 3.05) is 47.0 Å². The van der Waals surface area contributed by atoms with E-state index in [2.05, 4.69) is 73.5 Å². The van der Waals surface area contributed by atoms with Gasteiger partial charge in [-0.15, -0.1) is 0 Å². The van der Waals surface area contributed by atoms with Gasteiger partial charge in [-0.2, -0.15) is 0 Å². The van der Waals surface area contributed by atoms with E-state index in [0.717, 1.165) is 56.4 Å². The number of benzene rings is 2. The zero-order valence-corrected chi connectivity index (χ0v) is 41.0. The molecule has 2 aromatic carbocycles. The number of likely N-dealkylation sites (tertiary alicyclic amines) is 1. The quantitative estimate of drug-likeness (QED) is 0.0847. The van der Waals surface area contributed by atoms with Crippen LogP contribution in [-0.4, -0.2) is 126 Å². The highest BCUT2D eigenvalue weighted by Gasteiger charge is 2.42. The van der Waals surface area contributed by atoms with E-state index in [1.807, 2.05) is 52.0 Å². The number of ether oxygens (including phenoxy) is 2. The molecule has 5 atom stereocenters. The van der Waals surface area contributed by atoms with Crippen molar-refractivity contribution in [2.24, 2.45) is 22.2 Å². The van der Waals surface area contributed by atoms with E-state index in [4.69, 9.17) is 14.5 Å². The molecule has 6 rings (SSSR count). The number of likely N-dealkylation sites (N-methyl/N-ethyl adjacent to an activating group) is 1. The maximum absolute atomic E-state index is 14.8. The summed E-state index contributed by atoms with van der Waals surface area (Å²) in [6.07, 6.45) is 7.61. The summed E-state index contributed by atoms with van der Waals surface area (Å²) in [6, 6.07) is 12.5. The molecule has 0 unspecified atom stereocenters. The molecule has 360 valence electrons. The Morgan fingerprint density at radius 1 is 1.07 bits per heavy atom. The number of carbonyl (C=O) groups is 5. The molecular weight excluding hydrogens is 847 g/mol. The van der Waals surface area contributed by atoms with Crippen LogP contribution in [0.5, 0.6) is 0 Å². The fourth-order valence-electron chi connectivity index (χ4n) is 10.1. The van der Waals surface area contributed by atoms with Crippen LogP contribution >= 0.6 is 0 Å². The first-order chi connectivity index (χ1) is 31.9. The number of aryl methyl sites for hydroxylation is 1. The topological polar surface area (TPSA) is 155 Å². The van der Waals surface area contributed by atoms with E-state index in [9.17, 15) is 24.0 Å². The number of hydrazine groups is 1. The number of nitrogens with one attached hydrogen (secondary N) is 2. The highest BCUT2D eigenvalue weighted by atomic mass is 16.5. The molecule has 6 bridgehead atoms. The van der Waals surface area contributed by atoms with Gasteiger partial charge in [0, 0.05) is 69.4 Å². The van der Waals surface area contributed by atoms with Gasteiger partial charge in [-0.1, -0.05) is 77.3 Å². The lowest BCUT2D eigenvalue weighted by molar-refractivity contribution is -0.148. The van der Waals surface area contributed by atoms with E-state index in [-0.39, 0.29) is 43.4 Å². The molecule has 14 heteroatoms. The van der Waals surface area contributed by atoms with Crippen LogP contribution in [0.3, 0.4) is 0 Å². The molecule has 2 saturated heterocycles. The van der Waals surface area contributed by atoms with Crippen molar-refractivity contribution in [1.29, 1.82) is 0 Å². The molecule has 3 aliphatic heterocycles. The van der Waals surface area contributed by atoms with Crippen molar-refractivity contribution in [3.8, 4) is 11.1 Å². The van der Waals surface area contributed by atoms with Gasteiger partial charge in [0.25, 0.3) is 5.91 Å². The molecule has 0 saturated carbocycles. The second kappa shape index (κ2) is 21.5. The highest BCUT2D eigenvalue weighted by molar-refractivity contribution is 5.96. The lowest BCUT2D eigenvalue weighted by Crippen LogP contribution is -2.66. The molecule has 4 heterocycles. The molecule has 0 spiro atoms. The average Bonchev–Trinajstić information content (AvgIpc) is 3.93. The summed E-state index contributed by atoms with van der Waals surface area (Å²) in [4.78, 5) is 76.7. The molecule has 3 aromatic rings. The average molecular weight is 918 g/mol. The summed E-state index contributed by atoms with van der Waals surface area (Å²) < 4.78 is 14.7. The minimum absolute atomic E-state index is 0.0222. The van der Waals surface area contributed by atoms with Crippen molar-refractivity contribution in [2.45, 2.75) is 111 Å². The highest BCUT2D eigenvalue weighted by Crippen LogP contribution is 2.40. The van der Waals surface area contributed by atoms with Crippen LogP contribution in [0.1, 0.15) is 84.5 Å². The Kier molecular flexibility index (Phi) is 16.3. The fraction of sp³-hybridized carbons (Fsp3) is 0.509. The number of nitrogens with zero attached hydrogens (tertiary/aromatic N) is 5. The van der Waals surface area contributed by atoms with Crippen LogP contribution in [0.25, 0.3) is 27.6 Å². The number of aliphatic imine (C=N–C) groups is 1. The second-order valence-corrected chi connectivity index (χ2v) is 19.5. The third kappa shape index (κ3) is 10.9. The zero-order chi connectivity index (χ0) is 48.8. The number of amides is 4. The number of rotatable bonds is 13. The van der Waals surface area contributed by atoms with E-state index >= 15 is 0 Å². The van der Waals surface area contributed by atoms with Gasteiger partial charge in [0.2, 0.25) is 17.7 Å². The molecular formula is C53H71N7O7. The summed E-state index contributed by atoms with van der Waals surface area (Å²) in [5.41, 5.74) is 9.18. The van der Waals surface area contributed by atoms with Crippen LogP contribution in [0, 0.1) is 17.3 Å². The van der Waals surface area contributed by atoms with Gasteiger partial charge in [-0.25, -0.2) is 5.43 Å². The number of methoxy groups -OCH3 is 1. The monoisotopic (exact) mass is 918 g/mol. The number of allylic oxidation sites excluding steroid dienone is 2. The SMILES string of the molecule is C=CC(=O)N1CC[C@@H](C(=O)N(C)[C@H](C(=O)N[C@H]2Cc3cccc(c3)-c3ccc4c(c3)c(c(/C(C=C)=C(/N=CC)[C@H](C)OC)n4CC)CC(C)(C)COC[C@@]3(C=O)CCCN(N3)C2=O)C(C)C)C1. The minimum Gasteiger partial charge on any atom is -0.378 e. The summed E-state index contributed by atoms with van der Waals surface area (Å²) in [5, 5.41) is 5.60. The Balaban J connectivity index is 1.46. The zero-order valence-electron chi connectivity index (χ0n) is 41.0. The molecule has 4 amide bonds. The first-order valence-electron chi connectivity index (χ1n) is 23.7. The van der Waals surface area contributed by atoms with Gasteiger partial charge in [0.15, 0.2) is 0 Å². The van der Waals surface area contributed by atoms with Crippen LogP contribution in [0.4, 0.5) is 0 Å². The van der Waals surface area contributed by atoms with Crippen molar-refractivity contribution in [3.05, 3.63) is 90.3 Å². The number of hydrogen-bond acceptors (Lipinski definition) is 9. The summed E-state index contributed by atoms with van der Waals surface area (Å²) in [5.74, 6) is -2.15. The molecule has 0 radical (unpaired) electrons. The predicted molar refractivity (Wildman–Crippen MR) is 264 cm³/mol. The number of aldehydes is 1. The summed E-state index contributed by atoms with van der Waals surface area (Å²) in [7, 11) is 3.29. The standard InChI is InChI=1S/C53H71N7O7/c1-12-40(46(54-14-3)35(7)66-11)48-42-29-52(8,9)32-67-33-53(31-61)23-17-24-60(56-53)51(65)43(27-36-18-16-19-37(26-36)38-20-21-44(41(42)28-38)59(48)15-4)55-49(63)47(34(5)6)57(10)50(64)39-22-25-58(30-39)45(62)13-2/h12-14,16,18-21,26,28,31,34-35,39,43,47,56H,1-2,15,17,22-25,27,29-30,32-33H2,3-11H3,(H,55,63)/b46-40+,54-14?/t35-,39+,43-,47-,53-/m0/s1. The molecule has 0 aliphatic carbocycles. The van der Waals surface area contributed by atoms with Gasteiger partial charge >= 0.3 is 0 Å². The van der Waals surface area contributed by atoms with Gasteiger partial charge in [0.05, 0.1) is 36.6 Å². The van der Waals surface area contributed by atoms with Crippen LogP contribution < -0.4 is 10.7 Å². The van der Waals surface area contributed by atoms with Crippen LogP contribution in [-0.2, 0) is 52.8 Å². The predicted octanol–water partition coefficient (Wildman–Crippen LogP) is 6.56. The fourth-order valence-corrected chi connectivity index (χ4v) is 10.1.